The summed E-state index contributed by atoms with van der Waals surface area (Å²) in [5.41, 5.74) is 0.0301. The van der Waals surface area contributed by atoms with E-state index in [2.05, 4.69) is 66.7 Å². The van der Waals surface area contributed by atoms with Crippen LogP contribution in [0.4, 0.5) is 0 Å². The summed E-state index contributed by atoms with van der Waals surface area (Å²) in [6.45, 7) is 17.4. The first-order valence-corrected chi connectivity index (χ1v) is 8.07. The van der Waals surface area contributed by atoms with Crippen molar-refractivity contribution in [3.05, 3.63) is 0 Å². The molecule has 0 radical (unpaired) electrons. The zero-order valence-electron chi connectivity index (χ0n) is 10.9. The van der Waals surface area contributed by atoms with E-state index in [1.165, 1.54) is 0 Å². The molecule has 0 aliphatic rings. The van der Waals surface area contributed by atoms with Gasteiger partial charge in [0.2, 0.25) is 0 Å². The Morgan fingerprint density at radius 3 is 1.64 bits per heavy atom. The molecule has 0 saturated heterocycles. The Hall–Kier alpha value is -0.423. The van der Waals surface area contributed by atoms with Gasteiger partial charge in [0.05, 0.1) is 6.11 Å². The van der Waals surface area contributed by atoms with E-state index in [1.807, 2.05) is 0 Å². The van der Waals surface area contributed by atoms with Crippen molar-refractivity contribution in [3.8, 4) is 12.0 Å². The van der Waals surface area contributed by atoms with Gasteiger partial charge in [0.15, 0.2) is 0 Å². The maximum Gasteiger partial charge on any atom is 0.264 e. The molecule has 0 aromatic heterocycles. The van der Waals surface area contributed by atoms with Gasteiger partial charge >= 0.3 is 0 Å². The van der Waals surface area contributed by atoms with Gasteiger partial charge in [-0.1, -0.05) is 26.7 Å². The van der Waals surface area contributed by atoms with Gasteiger partial charge in [-0.05, 0) is 38.9 Å². The first-order chi connectivity index (χ1) is 5.96. The van der Waals surface area contributed by atoms with E-state index < -0.39 is 8.32 Å². The van der Waals surface area contributed by atoms with Crippen LogP contribution in [-0.4, -0.2) is 8.32 Å². The van der Waals surface area contributed by atoms with Gasteiger partial charge in [-0.25, -0.2) is 0 Å². The van der Waals surface area contributed by atoms with E-state index in [1.54, 1.807) is 0 Å². The molecular formula is C12H24OSi. The lowest BCUT2D eigenvalue weighted by molar-refractivity contribution is 0.454. The molecule has 2 heteroatoms. The first kappa shape index (κ1) is 13.6. The summed E-state index contributed by atoms with van der Waals surface area (Å²) >= 11 is 0. The highest BCUT2D eigenvalue weighted by molar-refractivity contribution is 6.74. The maximum atomic E-state index is 5.75. The molecule has 0 amide bonds. The molecule has 14 heavy (non-hydrogen) atoms. The number of rotatable bonds is 1. The molecule has 0 rings (SSSR count). The predicted octanol–water partition coefficient (Wildman–Crippen LogP) is 4.02. The second kappa shape index (κ2) is 3.98. The van der Waals surface area contributed by atoms with Crippen molar-refractivity contribution < 1.29 is 4.43 Å². The fraction of sp³-hybridized carbons (Fsp3) is 0.833. The second-order valence-electron chi connectivity index (χ2n) is 6.34. The molecule has 0 unspecified atom stereocenters. The summed E-state index contributed by atoms with van der Waals surface area (Å²) in [6, 6.07) is 0. The summed E-state index contributed by atoms with van der Waals surface area (Å²) in [5, 5.41) is 0.236. The van der Waals surface area contributed by atoms with Crippen LogP contribution in [0, 0.1) is 17.4 Å². The third-order valence-corrected chi connectivity index (χ3v) is 6.76. The van der Waals surface area contributed by atoms with Crippen LogP contribution < -0.4 is 0 Å². The molecule has 0 heterocycles. The molecule has 82 valence electrons. The summed E-state index contributed by atoms with van der Waals surface area (Å²) in [6.07, 6.45) is 2.88. The molecule has 0 aliphatic heterocycles. The molecule has 0 aromatic rings. The fourth-order valence-electron chi connectivity index (χ4n) is 0.459. The van der Waals surface area contributed by atoms with Gasteiger partial charge in [0, 0.05) is 5.41 Å². The van der Waals surface area contributed by atoms with Gasteiger partial charge in [-0.15, -0.1) is 0 Å². The molecule has 0 spiro atoms. The van der Waals surface area contributed by atoms with Gasteiger partial charge in [-0.3, -0.25) is 0 Å². The fourth-order valence-corrected chi connectivity index (χ4v) is 1.07. The molecule has 1 nitrogen and oxygen atoms in total. The third-order valence-electron chi connectivity index (χ3n) is 2.54. The van der Waals surface area contributed by atoms with Crippen LogP contribution in [0.25, 0.3) is 0 Å². The van der Waals surface area contributed by atoms with Gasteiger partial charge in [0.25, 0.3) is 8.32 Å². The maximum absolute atomic E-state index is 5.75. The second-order valence-corrected chi connectivity index (χ2v) is 11.1. The Balaban J connectivity index is 4.46. The minimum absolute atomic E-state index is 0.0301. The van der Waals surface area contributed by atoms with Gasteiger partial charge in [-0.2, -0.15) is 0 Å². The third kappa shape index (κ3) is 4.71. The molecule has 0 atom stereocenters. The van der Waals surface area contributed by atoms with E-state index in [0.717, 1.165) is 0 Å². The molecule has 0 fully saturated rings. The van der Waals surface area contributed by atoms with Crippen LogP contribution in [0.3, 0.4) is 0 Å². The SMILES string of the molecule is CC(C)(C)C#CO[Si](C)(C)C(C)(C)C. The predicted molar refractivity (Wildman–Crippen MR) is 65.5 cm³/mol. The van der Waals surface area contributed by atoms with Gasteiger partial charge < -0.3 is 4.43 Å². The normalized spacial score (nSPS) is 13.1. The lowest BCUT2D eigenvalue weighted by atomic mass is 9.99. The minimum Gasteiger partial charge on any atom is -0.500 e. The van der Waals surface area contributed by atoms with Crippen molar-refractivity contribution >= 4 is 8.32 Å². The Kier molecular flexibility index (Phi) is 3.86. The van der Waals surface area contributed by atoms with Crippen LogP contribution in [0.15, 0.2) is 0 Å². The standard InChI is InChI=1S/C12H24OSi/c1-11(2,3)9-10-13-14(7,8)12(4,5)6/h1-8H3. The van der Waals surface area contributed by atoms with E-state index >= 15 is 0 Å². The van der Waals surface area contributed by atoms with Crippen molar-refractivity contribution in [2.24, 2.45) is 5.41 Å². The highest BCUT2D eigenvalue weighted by atomic mass is 28.4. The Bertz CT molecular complexity index is 242. The quantitative estimate of drug-likeness (QED) is 0.471. The Labute approximate surface area is 90.4 Å². The average molecular weight is 212 g/mol. The zero-order valence-corrected chi connectivity index (χ0v) is 11.9. The van der Waals surface area contributed by atoms with Crippen LogP contribution in [-0.2, 0) is 4.43 Å². The molecule has 0 bridgehead atoms. The average Bonchev–Trinajstić information content (AvgIpc) is 1.80. The number of hydrogen-bond donors (Lipinski definition) is 0. The zero-order chi connectivity index (χ0) is 11.6. The number of hydrogen-bond acceptors (Lipinski definition) is 1. The van der Waals surface area contributed by atoms with Crippen LogP contribution >= 0.6 is 0 Å². The molecule has 0 N–H and O–H groups in total. The Morgan fingerprint density at radius 2 is 1.36 bits per heavy atom. The van der Waals surface area contributed by atoms with Crippen LogP contribution in [0.5, 0.6) is 0 Å². The van der Waals surface area contributed by atoms with E-state index in [0.29, 0.717) is 0 Å². The summed E-state index contributed by atoms with van der Waals surface area (Å²) in [5.74, 6) is 3.11. The topological polar surface area (TPSA) is 9.23 Å². The van der Waals surface area contributed by atoms with Crippen molar-refractivity contribution in [1.82, 2.24) is 0 Å². The summed E-state index contributed by atoms with van der Waals surface area (Å²) in [7, 11) is -1.68. The highest BCUT2D eigenvalue weighted by Crippen LogP contribution is 2.36. The lowest BCUT2D eigenvalue weighted by Crippen LogP contribution is -2.39. The molecule has 0 aliphatic carbocycles. The van der Waals surface area contributed by atoms with Crippen LogP contribution in [0.2, 0.25) is 18.1 Å². The van der Waals surface area contributed by atoms with Crippen molar-refractivity contribution in [3.63, 3.8) is 0 Å². The van der Waals surface area contributed by atoms with Crippen molar-refractivity contribution in [2.45, 2.75) is 59.7 Å². The summed E-state index contributed by atoms with van der Waals surface area (Å²) in [4.78, 5) is 0. The van der Waals surface area contributed by atoms with Crippen molar-refractivity contribution in [2.75, 3.05) is 0 Å². The van der Waals surface area contributed by atoms with Crippen LogP contribution in [0.1, 0.15) is 41.5 Å². The molecule has 0 saturated carbocycles. The van der Waals surface area contributed by atoms with Crippen molar-refractivity contribution in [1.29, 1.82) is 0 Å². The van der Waals surface area contributed by atoms with E-state index in [-0.39, 0.29) is 10.5 Å². The Morgan fingerprint density at radius 1 is 0.929 bits per heavy atom. The monoisotopic (exact) mass is 212 g/mol. The first-order valence-electron chi connectivity index (χ1n) is 5.16. The van der Waals surface area contributed by atoms with E-state index in [9.17, 15) is 0 Å². The summed E-state index contributed by atoms with van der Waals surface area (Å²) < 4.78 is 5.75. The largest absolute Gasteiger partial charge is 0.500 e. The highest BCUT2D eigenvalue weighted by Gasteiger charge is 2.38. The van der Waals surface area contributed by atoms with E-state index in [4.69, 9.17) is 4.43 Å². The smallest absolute Gasteiger partial charge is 0.264 e. The minimum atomic E-state index is -1.68. The molecular weight excluding hydrogens is 188 g/mol. The lowest BCUT2D eigenvalue weighted by Gasteiger charge is -2.33. The molecule has 0 aromatic carbocycles. The van der Waals surface area contributed by atoms with Gasteiger partial charge in [0.1, 0.15) is 0 Å².